The Hall–Kier alpha value is -8.21. The van der Waals surface area contributed by atoms with Crippen LogP contribution in [-0.4, -0.2) is 14.1 Å². The molecule has 4 heteroatoms. The van der Waals surface area contributed by atoms with E-state index in [2.05, 4.69) is 221 Å². The first kappa shape index (κ1) is 33.7. The number of hydrogen-bond donors (Lipinski definition) is 0. The fourth-order valence-electron chi connectivity index (χ4n) is 9.78. The smallest absolute Gasteiger partial charge is 0.136 e. The van der Waals surface area contributed by atoms with Crippen LogP contribution in [0.4, 0.5) is 0 Å². The van der Waals surface area contributed by atoms with Crippen LogP contribution < -0.4 is 0 Å². The lowest BCUT2D eigenvalue weighted by Crippen LogP contribution is -1.93. The normalized spacial score (nSPS) is 11.9. The summed E-state index contributed by atoms with van der Waals surface area (Å²) in [5, 5.41) is 8.17. The average molecular weight is 778 g/mol. The number of furan rings is 1. The van der Waals surface area contributed by atoms with Crippen molar-refractivity contribution in [2.24, 2.45) is 0 Å². The van der Waals surface area contributed by atoms with Gasteiger partial charge >= 0.3 is 0 Å². The van der Waals surface area contributed by atoms with Crippen molar-refractivity contribution in [3.63, 3.8) is 0 Å². The molecule has 9 aromatic carbocycles. The van der Waals surface area contributed by atoms with Crippen molar-refractivity contribution < 1.29 is 4.42 Å². The number of fused-ring (bicyclic) bond motifs is 10. The van der Waals surface area contributed by atoms with Gasteiger partial charge in [-0.3, -0.25) is 0 Å². The Morgan fingerprint density at radius 1 is 0.328 bits per heavy atom. The van der Waals surface area contributed by atoms with Gasteiger partial charge in [0.25, 0.3) is 0 Å². The standard InChI is InChI=1S/C57H35N3O/c1-3-14-39(15-4-1)59-51-23-11-8-19-42(51)46-32-36(26-29-53(46)59)37-28-31-55-48(33-37)57-44(21-13-25-56(57)61-55)50-35-45(41-18-7-10-22-49(41)58-50)38-27-30-54-47(34-38)43-20-9-12-24-52(43)60(54)40-16-5-2-6-17-40/h1-35H. The van der Waals surface area contributed by atoms with Crippen LogP contribution >= 0.6 is 0 Å². The largest absolute Gasteiger partial charge is 0.456 e. The van der Waals surface area contributed by atoms with Crippen molar-refractivity contribution >= 4 is 76.5 Å². The van der Waals surface area contributed by atoms with Gasteiger partial charge in [-0.25, -0.2) is 4.98 Å². The summed E-state index contributed by atoms with van der Waals surface area (Å²) < 4.78 is 11.3. The number of para-hydroxylation sites is 5. The molecule has 0 unspecified atom stereocenters. The van der Waals surface area contributed by atoms with Crippen LogP contribution in [0.3, 0.4) is 0 Å². The molecule has 0 aliphatic rings. The van der Waals surface area contributed by atoms with Gasteiger partial charge in [-0.1, -0.05) is 121 Å². The maximum absolute atomic E-state index is 6.58. The molecule has 61 heavy (non-hydrogen) atoms. The third kappa shape index (κ3) is 5.16. The van der Waals surface area contributed by atoms with Gasteiger partial charge in [-0.05, 0) is 113 Å². The summed E-state index contributed by atoms with van der Waals surface area (Å²) >= 11 is 0. The van der Waals surface area contributed by atoms with Gasteiger partial charge in [-0.2, -0.15) is 0 Å². The maximum atomic E-state index is 6.58. The van der Waals surface area contributed by atoms with E-state index in [-0.39, 0.29) is 0 Å². The summed E-state index contributed by atoms with van der Waals surface area (Å²) in [6, 6.07) is 76.1. The van der Waals surface area contributed by atoms with Crippen LogP contribution in [0.15, 0.2) is 217 Å². The highest BCUT2D eigenvalue weighted by Crippen LogP contribution is 2.43. The Balaban J connectivity index is 0.983. The van der Waals surface area contributed by atoms with Crippen molar-refractivity contribution in [2.75, 3.05) is 0 Å². The van der Waals surface area contributed by atoms with E-state index in [1.165, 1.54) is 43.6 Å². The zero-order valence-corrected chi connectivity index (χ0v) is 33.0. The number of nitrogens with zero attached hydrogens (tertiary/aromatic N) is 3. The fraction of sp³-hybridized carbons (Fsp3) is 0. The summed E-state index contributed by atoms with van der Waals surface area (Å²) in [7, 11) is 0. The molecule has 0 saturated heterocycles. The average Bonchev–Trinajstić information content (AvgIpc) is 3.99. The number of benzene rings is 9. The van der Waals surface area contributed by atoms with E-state index in [0.29, 0.717) is 0 Å². The summed E-state index contributed by atoms with van der Waals surface area (Å²) in [6.45, 7) is 0. The first-order valence-electron chi connectivity index (χ1n) is 20.8. The molecule has 284 valence electrons. The third-order valence-corrected chi connectivity index (χ3v) is 12.5. The monoisotopic (exact) mass is 777 g/mol. The number of hydrogen-bond acceptors (Lipinski definition) is 2. The van der Waals surface area contributed by atoms with E-state index in [1.807, 2.05) is 0 Å². The molecule has 4 nitrogen and oxygen atoms in total. The number of aromatic nitrogens is 3. The van der Waals surface area contributed by atoms with Crippen LogP contribution in [0.25, 0.3) is 121 Å². The summed E-state index contributed by atoms with van der Waals surface area (Å²) in [5.41, 5.74) is 16.3. The summed E-state index contributed by atoms with van der Waals surface area (Å²) in [5.74, 6) is 0. The van der Waals surface area contributed by atoms with Gasteiger partial charge in [0.2, 0.25) is 0 Å². The van der Waals surface area contributed by atoms with Gasteiger partial charge in [0.05, 0.1) is 33.3 Å². The molecule has 0 aliphatic carbocycles. The number of rotatable bonds is 5. The Kier molecular flexibility index (Phi) is 7.27. The molecule has 0 atom stereocenters. The molecular weight excluding hydrogens is 743 g/mol. The maximum Gasteiger partial charge on any atom is 0.136 e. The van der Waals surface area contributed by atoms with E-state index in [0.717, 1.165) is 77.7 Å². The van der Waals surface area contributed by atoms with Crippen molar-refractivity contribution in [2.45, 2.75) is 0 Å². The van der Waals surface area contributed by atoms with Gasteiger partial charge in [-0.15, -0.1) is 0 Å². The van der Waals surface area contributed by atoms with E-state index in [9.17, 15) is 0 Å². The highest BCUT2D eigenvalue weighted by molar-refractivity contribution is 6.15. The van der Waals surface area contributed by atoms with Gasteiger partial charge in [0, 0.05) is 54.6 Å². The minimum Gasteiger partial charge on any atom is -0.456 e. The lowest BCUT2D eigenvalue weighted by Gasteiger charge is -2.12. The molecule has 0 fully saturated rings. The van der Waals surface area contributed by atoms with Gasteiger partial charge in [0.15, 0.2) is 0 Å². The molecule has 13 rings (SSSR count). The molecule has 0 N–H and O–H groups in total. The highest BCUT2D eigenvalue weighted by atomic mass is 16.3. The second-order valence-electron chi connectivity index (χ2n) is 15.9. The molecule has 4 aromatic heterocycles. The topological polar surface area (TPSA) is 35.9 Å². The molecule has 0 aliphatic heterocycles. The first-order chi connectivity index (χ1) is 30.2. The van der Waals surface area contributed by atoms with E-state index in [1.54, 1.807) is 0 Å². The Morgan fingerprint density at radius 2 is 0.852 bits per heavy atom. The Bertz CT molecular complexity index is 3870. The van der Waals surface area contributed by atoms with Crippen molar-refractivity contribution in [1.29, 1.82) is 0 Å². The van der Waals surface area contributed by atoms with Crippen molar-refractivity contribution in [3.8, 4) is 44.9 Å². The molecule has 4 heterocycles. The molecule has 0 saturated carbocycles. The third-order valence-electron chi connectivity index (χ3n) is 12.5. The molecule has 0 spiro atoms. The van der Waals surface area contributed by atoms with Gasteiger partial charge < -0.3 is 13.6 Å². The van der Waals surface area contributed by atoms with Crippen LogP contribution in [0.1, 0.15) is 0 Å². The molecule has 0 amide bonds. The van der Waals surface area contributed by atoms with Crippen molar-refractivity contribution in [3.05, 3.63) is 212 Å². The zero-order chi connectivity index (χ0) is 40.0. The van der Waals surface area contributed by atoms with Gasteiger partial charge in [0.1, 0.15) is 11.2 Å². The molecule has 13 aromatic rings. The predicted molar refractivity (Wildman–Crippen MR) is 254 cm³/mol. The predicted octanol–water partition coefficient (Wildman–Crippen LogP) is 15.3. The zero-order valence-electron chi connectivity index (χ0n) is 33.0. The second kappa shape index (κ2) is 13.2. The second-order valence-corrected chi connectivity index (χ2v) is 15.9. The lowest BCUT2D eigenvalue weighted by atomic mass is 9.95. The minimum absolute atomic E-state index is 0.845. The highest BCUT2D eigenvalue weighted by Gasteiger charge is 2.19. The van der Waals surface area contributed by atoms with E-state index in [4.69, 9.17) is 9.40 Å². The Labute approximate surface area is 350 Å². The van der Waals surface area contributed by atoms with Crippen molar-refractivity contribution in [1.82, 2.24) is 14.1 Å². The van der Waals surface area contributed by atoms with Crippen LogP contribution in [-0.2, 0) is 0 Å². The molecule has 0 radical (unpaired) electrons. The molecule has 0 bridgehead atoms. The van der Waals surface area contributed by atoms with Crippen LogP contribution in [0, 0.1) is 0 Å². The Morgan fingerprint density at radius 3 is 1.52 bits per heavy atom. The fourth-order valence-corrected chi connectivity index (χ4v) is 9.78. The number of pyridine rings is 1. The minimum atomic E-state index is 0.845. The summed E-state index contributed by atoms with van der Waals surface area (Å²) in [6.07, 6.45) is 0. The lowest BCUT2D eigenvalue weighted by molar-refractivity contribution is 0.669. The molecular formula is C57H35N3O. The first-order valence-corrected chi connectivity index (χ1v) is 20.8. The van der Waals surface area contributed by atoms with Crippen LogP contribution in [0.5, 0.6) is 0 Å². The quantitative estimate of drug-likeness (QED) is 0.174. The van der Waals surface area contributed by atoms with E-state index >= 15 is 0 Å². The van der Waals surface area contributed by atoms with Crippen LogP contribution in [0.2, 0.25) is 0 Å². The summed E-state index contributed by atoms with van der Waals surface area (Å²) in [4.78, 5) is 5.35. The van der Waals surface area contributed by atoms with E-state index < -0.39 is 0 Å². The SMILES string of the molecule is c1ccc(-n2c3ccccc3c3cc(-c4ccc5oc6cccc(-c7cc(-c8ccc9c(c8)c8ccccc8n9-c8ccccc8)c8ccccc8n7)c6c5c4)ccc32)cc1.